The zero-order chi connectivity index (χ0) is 9.47. The summed E-state index contributed by atoms with van der Waals surface area (Å²) in [5.41, 5.74) is 1.38. The largest absolute Gasteiger partial charge is 0.294 e. The highest BCUT2D eigenvalue weighted by atomic mass is 32.2. The van der Waals surface area contributed by atoms with Crippen molar-refractivity contribution in [1.82, 2.24) is 15.1 Å². The van der Waals surface area contributed by atoms with E-state index in [0.717, 1.165) is 11.4 Å². The maximum Gasteiger partial charge on any atom is 0.0985 e. The van der Waals surface area contributed by atoms with Crippen molar-refractivity contribution in [3.05, 3.63) is 18.0 Å². The van der Waals surface area contributed by atoms with Crippen molar-refractivity contribution in [2.75, 3.05) is 5.75 Å². The number of thioether (sulfide) groups is 1. The van der Waals surface area contributed by atoms with E-state index in [1.165, 1.54) is 0 Å². The van der Waals surface area contributed by atoms with Crippen LogP contribution in [0.3, 0.4) is 0 Å². The molecular weight excluding hydrogens is 182 g/mol. The number of aromatic nitrogens is 2. The van der Waals surface area contributed by atoms with Gasteiger partial charge in [-0.3, -0.25) is 10.00 Å². The third kappa shape index (κ3) is 1.89. The number of nitrogens with zero attached hydrogens (tertiary/aromatic N) is 2. The molecule has 13 heavy (non-hydrogen) atoms. The molecule has 0 bridgehead atoms. The molecule has 0 spiro atoms. The summed E-state index contributed by atoms with van der Waals surface area (Å²) in [7, 11) is 1.95. The molecule has 1 fully saturated rings. The fraction of sp³-hybridized carbons (Fsp3) is 0.667. The van der Waals surface area contributed by atoms with Gasteiger partial charge in [-0.25, -0.2) is 0 Å². The van der Waals surface area contributed by atoms with Crippen LogP contribution >= 0.6 is 11.8 Å². The molecule has 2 rings (SSSR count). The van der Waals surface area contributed by atoms with Gasteiger partial charge in [0.15, 0.2) is 0 Å². The third-order valence-corrected chi connectivity index (χ3v) is 3.72. The lowest BCUT2D eigenvalue weighted by Gasteiger charge is -2.17. The van der Waals surface area contributed by atoms with Crippen molar-refractivity contribution in [1.29, 1.82) is 0 Å². The average molecular weight is 197 g/mol. The standard InChI is InChI=1S/C9H15N3S/c1-9(2)6-13-8(10-9)7-4-5-12(3)11-7/h4-5,8,10H,6H2,1-3H3. The highest BCUT2D eigenvalue weighted by molar-refractivity contribution is 7.99. The van der Waals surface area contributed by atoms with Crippen LogP contribution in [0.1, 0.15) is 24.9 Å². The summed E-state index contributed by atoms with van der Waals surface area (Å²) in [5, 5.41) is 8.31. The Morgan fingerprint density at radius 2 is 2.46 bits per heavy atom. The Morgan fingerprint density at radius 1 is 1.69 bits per heavy atom. The molecule has 1 N–H and O–H groups in total. The summed E-state index contributed by atoms with van der Waals surface area (Å²) in [6, 6.07) is 2.08. The summed E-state index contributed by atoms with van der Waals surface area (Å²) in [5.74, 6) is 1.15. The molecule has 1 aromatic heterocycles. The van der Waals surface area contributed by atoms with Gasteiger partial charge in [0.1, 0.15) is 0 Å². The summed E-state index contributed by atoms with van der Waals surface area (Å²) >= 11 is 1.93. The molecule has 0 radical (unpaired) electrons. The first-order chi connectivity index (χ1) is 6.07. The quantitative estimate of drug-likeness (QED) is 0.740. The molecular formula is C9H15N3S. The van der Waals surface area contributed by atoms with E-state index < -0.39 is 0 Å². The van der Waals surface area contributed by atoms with Crippen LogP contribution in [0.2, 0.25) is 0 Å². The number of nitrogens with one attached hydrogen (secondary N) is 1. The second-order valence-electron chi connectivity index (χ2n) is 4.13. The van der Waals surface area contributed by atoms with Crippen molar-refractivity contribution in [3.8, 4) is 0 Å². The van der Waals surface area contributed by atoms with E-state index in [1.807, 2.05) is 29.7 Å². The van der Waals surface area contributed by atoms with E-state index in [9.17, 15) is 0 Å². The zero-order valence-electron chi connectivity index (χ0n) is 8.24. The van der Waals surface area contributed by atoms with Crippen LogP contribution in [0.5, 0.6) is 0 Å². The van der Waals surface area contributed by atoms with Gasteiger partial charge in [0.2, 0.25) is 0 Å². The number of aryl methyl sites for hydroxylation is 1. The van der Waals surface area contributed by atoms with Crippen LogP contribution in [0, 0.1) is 0 Å². The van der Waals surface area contributed by atoms with E-state index in [1.54, 1.807) is 0 Å². The van der Waals surface area contributed by atoms with Crippen LogP contribution in [-0.4, -0.2) is 21.1 Å². The van der Waals surface area contributed by atoms with Crippen LogP contribution in [0.4, 0.5) is 0 Å². The fourth-order valence-electron chi connectivity index (χ4n) is 1.46. The molecule has 0 aromatic carbocycles. The molecule has 0 amide bonds. The Labute approximate surface area is 82.9 Å². The van der Waals surface area contributed by atoms with Gasteiger partial charge in [-0.2, -0.15) is 5.10 Å². The number of hydrogen-bond acceptors (Lipinski definition) is 3. The van der Waals surface area contributed by atoms with Gasteiger partial charge in [0.25, 0.3) is 0 Å². The van der Waals surface area contributed by atoms with Crippen molar-refractivity contribution in [2.24, 2.45) is 7.05 Å². The lowest BCUT2D eigenvalue weighted by Crippen LogP contribution is -2.36. The molecule has 4 heteroatoms. The molecule has 1 aliphatic heterocycles. The van der Waals surface area contributed by atoms with Gasteiger partial charge in [-0.05, 0) is 19.9 Å². The highest BCUT2D eigenvalue weighted by Crippen LogP contribution is 2.36. The molecule has 2 heterocycles. The first-order valence-corrected chi connectivity index (χ1v) is 5.51. The van der Waals surface area contributed by atoms with Crippen molar-refractivity contribution in [2.45, 2.75) is 24.8 Å². The highest BCUT2D eigenvalue weighted by Gasteiger charge is 2.32. The number of rotatable bonds is 1. The maximum absolute atomic E-state index is 4.39. The molecule has 3 nitrogen and oxygen atoms in total. The minimum absolute atomic E-state index is 0.243. The minimum atomic E-state index is 0.243. The van der Waals surface area contributed by atoms with E-state index in [4.69, 9.17) is 0 Å². The predicted octanol–water partition coefficient (Wildman–Crippen LogP) is 1.53. The lowest BCUT2D eigenvalue weighted by atomic mass is 10.1. The van der Waals surface area contributed by atoms with E-state index in [2.05, 4.69) is 30.3 Å². The van der Waals surface area contributed by atoms with Gasteiger partial charge >= 0.3 is 0 Å². The van der Waals surface area contributed by atoms with Gasteiger partial charge < -0.3 is 0 Å². The molecule has 0 saturated carbocycles. The first-order valence-electron chi connectivity index (χ1n) is 4.46. The van der Waals surface area contributed by atoms with E-state index in [0.29, 0.717) is 5.37 Å². The van der Waals surface area contributed by atoms with Crippen molar-refractivity contribution < 1.29 is 0 Å². The molecule has 72 valence electrons. The molecule has 1 aliphatic rings. The molecule has 0 aliphatic carbocycles. The zero-order valence-corrected chi connectivity index (χ0v) is 9.06. The normalized spacial score (nSPS) is 26.5. The Balaban J connectivity index is 2.12. The Hall–Kier alpha value is -0.480. The molecule has 1 saturated heterocycles. The summed E-state index contributed by atoms with van der Waals surface area (Å²) in [6.07, 6.45) is 1.99. The average Bonchev–Trinajstić information content (AvgIpc) is 2.56. The second-order valence-corrected chi connectivity index (χ2v) is 5.23. The maximum atomic E-state index is 4.39. The second kappa shape index (κ2) is 3.03. The predicted molar refractivity (Wildman–Crippen MR) is 55.6 cm³/mol. The van der Waals surface area contributed by atoms with Gasteiger partial charge in [0, 0.05) is 24.5 Å². The molecule has 1 atom stereocenters. The third-order valence-electron chi connectivity index (χ3n) is 2.14. The monoisotopic (exact) mass is 197 g/mol. The number of hydrogen-bond donors (Lipinski definition) is 1. The minimum Gasteiger partial charge on any atom is -0.294 e. The summed E-state index contributed by atoms with van der Waals surface area (Å²) in [6.45, 7) is 4.45. The van der Waals surface area contributed by atoms with Crippen LogP contribution in [0.15, 0.2) is 12.3 Å². The molecule has 1 unspecified atom stereocenters. The lowest BCUT2D eigenvalue weighted by molar-refractivity contribution is 0.447. The Kier molecular flexibility index (Phi) is 2.12. The first kappa shape index (κ1) is 9.09. The van der Waals surface area contributed by atoms with Crippen molar-refractivity contribution >= 4 is 11.8 Å². The van der Waals surface area contributed by atoms with Gasteiger partial charge in [0.05, 0.1) is 11.1 Å². The van der Waals surface area contributed by atoms with Crippen molar-refractivity contribution in [3.63, 3.8) is 0 Å². The smallest absolute Gasteiger partial charge is 0.0985 e. The molecule has 1 aromatic rings. The van der Waals surface area contributed by atoms with E-state index >= 15 is 0 Å². The van der Waals surface area contributed by atoms with Gasteiger partial charge in [-0.1, -0.05) is 0 Å². The topological polar surface area (TPSA) is 29.9 Å². The SMILES string of the molecule is Cn1ccc(C2NC(C)(C)CS2)n1. The fourth-order valence-corrected chi connectivity index (χ4v) is 2.83. The van der Waals surface area contributed by atoms with Gasteiger partial charge in [-0.15, -0.1) is 11.8 Å². The van der Waals surface area contributed by atoms with Crippen LogP contribution in [0.25, 0.3) is 0 Å². The Morgan fingerprint density at radius 3 is 2.92 bits per heavy atom. The summed E-state index contributed by atoms with van der Waals surface area (Å²) < 4.78 is 1.85. The van der Waals surface area contributed by atoms with Crippen LogP contribution < -0.4 is 5.32 Å². The summed E-state index contributed by atoms with van der Waals surface area (Å²) in [4.78, 5) is 0. The van der Waals surface area contributed by atoms with E-state index in [-0.39, 0.29) is 5.54 Å². The van der Waals surface area contributed by atoms with Crippen LogP contribution in [-0.2, 0) is 7.05 Å². The Bertz CT molecular complexity index is 306.